The minimum absolute atomic E-state index is 0.0517. The van der Waals surface area contributed by atoms with Crippen molar-refractivity contribution < 1.29 is 0 Å². The van der Waals surface area contributed by atoms with Crippen molar-refractivity contribution in [3.63, 3.8) is 0 Å². The Morgan fingerprint density at radius 2 is 2.38 bits per heavy atom. The molecule has 0 atom stereocenters. The summed E-state index contributed by atoms with van der Waals surface area (Å²) in [4.78, 5) is 4.23. The molecule has 0 bridgehead atoms. The van der Waals surface area contributed by atoms with E-state index in [1.165, 1.54) is 11.3 Å². The van der Waals surface area contributed by atoms with E-state index in [9.17, 15) is 0 Å². The third kappa shape index (κ3) is 2.00. The van der Waals surface area contributed by atoms with Gasteiger partial charge >= 0.3 is 0 Å². The van der Waals surface area contributed by atoms with Gasteiger partial charge < -0.3 is 5.32 Å². The number of nitrogens with one attached hydrogen (secondary N) is 1. The standard InChI is InChI=1S/C11H18N2/c1-5-10-9(7-12-8-13-10)11(3,4)6-2/h6,8H,2,5,7H2,1,3-4H3,(H,12,13). The third-order valence-corrected chi connectivity index (χ3v) is 2.59. The van der Waals surface area contributed by atoms with Crippen LogP contribution in [0.1, 0.15) is 27.2 Å². The van der Waals surface area contributed by atoms with Crippen molar-refractivity contribution in [1.29, 1.82) is 0 Å². The lowest BCUT2D eigenvalue weighted by atomic mass is 9.82. The fraction of sp³-hybridized carbons (Fsp3) is 0.545. The molecular weight excluding hydrogens is 160 g/mol. The van der Waals surface area contributed by atoms with E-state index in [1.54, 1.807) is 6.34 Å². The molecule has 72 valence electrons. The summed E-state index contributed by atoms with van der Waals surface area (Å²) in [6, 6.07) is 0. The van der Waals surface area contributed by atoms with E-state index in [0.29, 0.717) is 0 Å². The highest BCUT2D eigenvalue weighted by Gasteiger charge is 2.23. The Bertz CT molecular complexity index is 259. The van der Waals surface area contributed by atoms with Gasteiger partial charge in [0, 0.05) is 11.1 Å². The zero-order chi connectivity index (χ0) is 9.90. The quantitative estimate of drug-likeness (QED) is 0.660. The first-order valence-corrected chi connectivity index (χ1v) is 4.72. The van der Waals surface area contributed by atoms with Crippen LogP contribution in [0, 0.1) is 5.41 Å². The second-order valence-corrected chi connectivity index (χ2v) is 3.85. The van der Waals surface area contributed by atoms with Crippen LogP contribution in [-0.4, -0.2) is 12.9 Å². The molecule has 0 aromatic rings. The Labute approximate surface area is 80.4 Å². The summed E-state index contributed by atoms with van der Waals surface area (Å²) in [6.07, 6.45) is 4.79. The summed E-state index contributed by atoms with van der Waals surface area (Å²) < 4.78 is 0. The minimum atomic E-state index is 0.0517. The predicted molar refractivity (Wildman–Crippen MR) is 57.8 cm³/mol. The van der Waals surface area contributed by atoms with Crippen LogP contribution in [0.5, 0.6) is 0 Å². The number of aliphatic imine (C=N–C) groups is 1. The van der Waals surface area contributed by atoms with Gasteiger partial charge in [-0.15, -0.1) is 6.58 Å². The lowest BCUT2D eigenvalue weighted by molar-refractivity contribution is 0.551. The molecule has 1 aliphatic heterocycles. The van der Waals surface area contributed by atoms with Gasteiger partial charge in [0.25, 0.3) is 0 Å². The summed E-state index contributed by atoms with van der Waals surface area (Å²) in [7, 11) is 0. The molecule has 0 unspecified atom stereocenters. The van der Waals surface area contributed by atoms with Crippen molar-refractivity contribution in [2.75, 3.05) is 6.54 Å². The van der Waals surface area contributed by atoms with Crippen LogP contribution in [0.15, 0.2) is 28.9 Å². The minimum Gasteiger partial charge on any atom is -0.350 e. The average molecular weight is 178 g/mol. The monoisotopic (exact) mass is 178 g/mol. The van der Waals surface area contributed by atoms with Gasteiger partial charge in [-0.2, -0.15) is 0 Å². The molecule has 0 amide bonds. The second-order valence-electron chi connectivity index (χ2n) is 3.85. The van der Waals surface area contributed by atoms with Crippen molar-refractivity contribution >= 4 is 6.34 Å². The summed E-state index contributed by atoms with van der Waals surface area (Å²) in [6.45, 7) is 11.2. The molecular formula is C11H18N2. The average Bonchev–Trinajstić information content (AvgIpc) is 2.18. The van der Waals surface area contributed by atoms with Gasteiger partial charge in [0.15, 0.2) is 0 Å². The van der Waals surface area contributed by atoms with Gasteiger partial charge in [-0.05, 0) is 12.0 Å². The largest absolute Gasteiger partial charge is 0.350 e. The van der Waals surface area contributed by atoms with Crippen LogP contribution in [0.25, 0.3) is 0 Å². The van der Waals surface area contributed by atoms with Gasteiger partial charge in [-0.25, -0.2) is 0 Å². The summed E-state index contributed by atoms with van der Waals surface area (Å²) in [5, 5.41) is 3.20. The number of nitrogens with zero attached hydrogens (tertiary/aromatic N) is 1. The maximum absolute atomic E-state index is 4.23. The van der Waals surface area contributed by atoms with Crippen LogP contribution >= 0.6 is 0 Å². The number of hydrogen-bond donors (Lipinski definition) is 1. The first-order chi connectivity index (χ1) is 6.11. The van der Waals surface area contributed by atoms with Crippen LogP contribution < -0.4 is 5.32 Å². The van der Waals surface area contributed by atoms with E-state index in [0.717, 1.165) is 13.0 Å². The van der Waals surface area contributed by atoms with Crippen LogP contribution in [0.2, 0.25) is 0 Å². The van der Waals surface area contributed by atoms with Gasteiger partial charge in [0.05, 0.1) is 12.9 Å². The molecule has 1 aliphatic rings. The Morgan fingerprint density at radius 1 is 1.69 bits per heavy atom. The molecule has 0 saturated carbocycles. The lowest BCUT2D eigenvalue weighted by Gasteiger charge is -2.28. The van der Waals surface area contributed by atoms with E-state index < -0.39 is 0 Å². The normalized spacial score (nSPS) is 17.2. The first-order valence-electron chi connectivity index (χ1n) is 4.72. The van der Waals surface area contributed by atoms with Gasteiger partial charge in [0.1, 0.15) is 0 Å². The molecule has 0 aromatic carbocycles. The predicted octanol–water partition coefficient (Wildman–Crippen LogP) is 2.49. The fourth-order valence-electron chi connectivity index (χ4n) is 1.47. The van der Waals surface area contributed by atoms with Gasteiger partial charge in [0.2, 0.25) is 0 Å². The zero-order valence-corrected chi connectivity index (χ0v) is 8.72. The SMILES string of the molecule is C=CC(C)(C)C1=C(CC)NC=NC1. The van der Waals surface area contributed by atoms with Crippen molar-refractivity contribution in [1.82, 2.24) is 5.32 Å². The van der Waals surface area contributed by atoms with E-state index in [2.05, 4.69) is 37.7 Å². The number of hydrogen-bond acceptors (Lipinski definition) is 2. The van der Waals surface area contributed by atoms with E-state index in [4.69, 9.17) is 0 Å². The molecule has 0 aromatic heterocycles. The highest BCUT2D eigenvalue weighted by molar-refractivity contribution is 5.60. The Hall–Kier alpha value is -1.05. The smallest absolute Gasteiger partial charge is 0.0869 e. The van der Waals surface area contributed by atoms with Crippen LogP contribution in [0.4, 0.5) is 0 Å². The van der Waals surface area contributed by atoms with Crippen LogP contribution in [0.3, 0.4) is 0 Å². The Morgan fingerprint density at radius 3 is 2.92 bits per heavy atom. The molecule has 0 spiro atoms. The van der Waals surface area contributed by atoms with E-state index >= 15 is 0 Å². The molecule has 1 rings (SSSR count). The summed E-state index contributed by atoms with van der Waals surface area (Å²) >= 11 is 0. The van der Waals surface area contributed by atoms with E-state index in [-0.39, 0.29) is 5.41 Å². The Kier molecular flexibility index (Phi) is 2.91. The highest BCUT2D eigenvalue weighted by Crippen LogP contribution is 2.31. The number of rotatable bonds is 3. The molecule has 0 fully saturated rings. The maximum atomic E-state index is 4.23. The van der Waals surface area contributed by atoms with Crippen molar-refractivity contribution in [3.8, 4) is 0 Å². The zero-order valence-electron chi connectivity index (χ0n) is 8.72. The number of allylic oxidation sites excluding steroid dienone is 2. The fourth-order valence-corrected chi connectivity index (χ4v) is 1.47. The molecule has 0 saturated heterocycles. The molecule has 1 heterocycles. The van der Waals surface area contributed by atoms with Gasteiger partial charge in [-0.3, -0.25) is 4.99 Å². The van der Waals surface area contributed by atoms with Crippen molar-refractivity contribution in [3.05, 3.63) is 23.9 Å². The van der Waals surface area contributed by atoms with Crippen molar-refractivity contribution in [2.24, 2.45) is 10.4 Å². The molecule has 1 N–H and O–H groups in total. The molecule has 2 nitrogen and oxygen atoms in total. The molecule has 2 heteroatoms. The molecule has 0 radical (unpaired) electrons. The molecule has 13 heavy (non-hydrogen) atoms. The van der Waals surface area contributed by atoms with Crippen LogP contribution in [-0.2, 0) is 0 Å². The summed E-state index contributed by atoms with van der Waals surface area (Å²) in [5.74, 6) is 0. The summed E-state index contributed by atoms with van der Waals surface area (Å²) in [5.41, 5.74) is 2.70. The van der Waals surface area contributed by atoms with Crippen molar-refractivity contribution in [2.45, 2.75) is 27.2 Å². The first kappa shape index (κ1) is 10.0. The second kappa shape index (κ2) is 3.77. The van der Waals surface area contributed by atoms with Gasteiger partial charge in [-0.1, -0.05) is 26.8 Å². The lowest BCUT2D eigenvalue weighted by Crippen LogP contribution is -2.26. The Balaban J connectivity index is 2.98. The third-order valence-electron chi connectivity index (χ3n) is 2.59. The highest BCUT2D eigenvalue weighted by atomic mass is 15.0. The molecule has 0 aliphatic carbocycles. The van der Waals surface area contributed by atoms with E-state index in [1.807, 2.05) is 6.08 Å². The maximum Gasteiger partial charge on any atom is 0.0869 e. The topological polar surface area (TPSA) is 24.4 Å².